The van der Waals surface area contributed by atoms with Crippen LogP contribution in [0.1, 0.15) is 18.7 Å². The van der Waals surface area contributed by atoms with Crippen molar-refractivity contribution in [1.82, 2.24) is 25.2 Å². The Bertz CT molecular complexity index is 1000. The number of anilines is 1. The zero-order valence-corrected chi connectivity index (χ0v) is 15.0. The summed E-state index contributed by atoms with van der Waals surface area (Å²) in [5, 5.41) is 11.6. The van der Waals surface area contributed by atoms with Gasteiger partial charge >= 0.3 is 0 Å². The molecule has 0 radical (unpaired) electrons. The van der Waals surface area contributed by atoms with E-state index in [1.807, 2.05) is 18.5 Å². The number of fused-ring (bicyclic) bond motifs is 2. The van der Waals surface area contributed by atoms with Gasteiger partial charge in [-0.05, 0) is 36.9 Å². The molecule has 1 fully saturated rings. The number of nitrogens with zero attached hydrogens (tertiary/aromatic N) is 3. The Morgan fingerprint density at radius 2 is 2.11 bits per heavy atom. The third kappa shape index (κ3) is 3.09. The normalized spacial score (nSPS) is 19.2. The summed E-state index contributed by atoms with van der Waals surface area (Å²) >= 11 is 0. The number of imidazole rings is 1. The van der Waals surface area contributed by atoms with E-state index in [1.54, 1.807) is 0 Å². The molecule has 2 aliphatic heterocycles. The van der Waals surface area contributed by atoms with Crippen LogP contribution in [0.3, 0.4) is 0 Å². The highest BCUT2D eigenvalue weighted by Gasteiger charge is 2.22. The largest absolute Gasteiger partial charge is 0.326 e. The minimum absolute atomic E-state index is 0.00661. The van der Waals surface area contributed by atoms with Crippen LogP contribution < -0.4 is 16.0 Å². The van der Waals surface area contributed by atoms with E-state index in [4.69, 9.17) is 0 Å². The highest BCUT2D eigenvalue weighted by molar-refractivity contribution is 5.96. The molecule has 138 valence electrons. The van der Waals surface area contributed by atoms with Gasteiger partial charge in [-0.15, -0.1) is 0 Å². The number of aromatic nitrogens is 3. The first-order chi connectivity index (χ1) is 13.3. The number of rotatable bonds is 3. The number of carbonyl (C=O) groups is 1. The van der Waals surface area contributed by atoms with Crippen LogP contribution in [0.15, 0.2) is 36.7 Å². The molecule has 7 heteroatoms. The van der Waals surface area contributed by atoms with Crippen molar-refractivity contribution in [3.63, 3.8) is 0 Å². The van der Waals surface area contributed by atoms with Crippen LogP contribution in [-0.4, -0.2) is 39.6 Å². The number of hydrogen-bond acceptors (Lipinski definition) is 5. The Hall–Kier alpha value is -2.77. The number of amides is 1. The van der Waals surface area contributed by atoms with E-state index in [1.165, 1.54) is 0 Å². The van der Waals surface area contributed by atoms with Crippen LogP contribution in [0.25, 0.3) is 22.0 Å². The molecule has 0 aliphatic carbocycles. The number of carbonyl (C=O) groups excluding carboxylic acids is 1. The van der Waals surface area contributed by atoms with Crippen LogP contribution >= 0.6 is 0 Å². The van der Waals surface area contributed by atoms with Crippen molar-refractivity contribution >= 4 is 22.5 Å². The maximum Gasteiger partial charge on any atom is 0.242 e. The van der Waals surface area contributed by atoms with Gasteiger partial charge in [0.25, 0.3) is 0 Å². The molecule has 0 bridgehead atoms. The lowest BCUT2D eigenvalue weighted by Crippen LogP contribution is -2.35. The fourth-order valence-corrected chi connectivity index (χ4v) is 3.92. The Balaban J connectivity index is 1.46. The van der Waals surface area contributed by atoms with Crippen molar-refractivity contribution in [2.75, 3.05) is 18.4 Å². The monoisotopic (exact) mass is 362 g/mol. The number of pyridine rings is 1. The van der Waals surface area contributed by atoms with Crippen molar-refractivity contribution in [3.05, 3.63) is 42.5 Å². The molecule has 27 heavy (non-hydrogen) atoms. The van der Waals surface area contributed by atoms with Crippen LogP contribution in [-0.2, 0) is 17.9 Å². The average Bonchev–Trinajstić information content (AvgIpc) is 3.37. The molecule has 1 amide bonds. The van der Waals surface area contributed by atoms with Crippen LogP contribution in [0.4, 0.5) is 5.82 Å². The summed E-state index contributed by atoms with van der Waals surface area (Å²) in [5.74, 6) is 1.66. The molecule has 5 rings (SSSR count). The molecule has 0 saturated carbocycles. The predicted molar refractivity (Wildman–Crippen MR) is 104 cm³/mol. The molecular formula is C20H22N6O. The van der Waals surface area contributed by atoms with E-state index in [0.29, 0.717) is 5.82 Å². The second-order valence-electron chi connectivity index (χ2n) is 7.16. The fourth-order valence-electron chi connectivity index (χ4n) is 3.92. The Morgan fingerprint density at radius 1 is 1.15 bits per heavy atom. The van der Waals surface area contributed by atoms with Crippen molar-refractivity contribution in [2.45, 2.75) is 32.0 Å². The van der Waals surface area contributed by atoms with Gasteiger partial charge in [-0.2, -0.15) is 0 Å². The minimum atomic E-state index is -0.110. The summed E-state index contributed by atoms with van der Waals surface area (Å²) in [6, 6.07) is 8.16. The third-order valence-electron chi connectivity index (χ3n) is 5.38. The first-order valence-corrected chi connectivity index (χ1v) is 9.47. The smallest absolute Gasteiger partial charge is 0.242 e. The highest BCUT2D eigenvalue weighted by atomic mass is 16.2. The number of benzene rings is 1. The summed E-state index contributed by atoms with van der Waals surface area (Å²) < 4.78 is 2.27. The lowest BCUT2D eigenvalue weighted by molar-refractivity contribution is -0.117. The van der Waals surface area contributed by atoms with Gasteiger partial charge in [-0.1, -0.05) is 12.1 Å². The Morgan fingerprint density at radius 3 is 3.00 bits per heavy atom. The molecule has 3 aromatic rings. The molecule has 2 aliphatic rings. The molecule has 1 unspecified atom stereocenters. The van der Waals surface area contributed by atoms with E-state index >= 15 is 0 Å². The van der Waals surface area contributed by atoms with Gasteiger partial charge in [0.1, 0.15) is 11.6 Å². The first kappa shape index (κ1) is 16.4. The summed E-state index contributed by atoms with van der Waals surface area (Å²) in [7, 11) is 0. The maximum absolute atomic E-state index is 12.3. The molecule has 1 saturated heterocycles. The standard InChI is InChI=1S/C20H22N6O/c27-20(16-2-1-5-22-16)25-18-9-15-8-13(3-4-14(15)10-23-18)17-11-24-19-12-21-6-7-26(17)19/h3-4,8-11,16,21-22H,1-2,5-7,12H2,(H,23,25,27). The zero-order chi connectivity index (χ0) is 18.2. The Labute approximate surface area is 157 Å². The minimum Gasteiger partial charge on any atom is -0.326 e. The zero-order valence-electron chi connectivity index (χ0n) is 15.0. The van der Waals surface area contributed by atoms with Gasteiger partial charge in [0, 0.05) is 30.2 Å². The van der Waals surface area contributed by atoms with Gasteiger partial charge in [-0.3, -0.25) is 4.79 Å². The molecule has 1 aromatic carbocycles. The second-order valence-corrected chi connectivity index (χ2v) is 7.16. The van der Waals surface area contributed by atoms with Crippen molar-refractivity contribution in [3.8, 4) is 11.3 Å². The van der Waals surface area contributed by atoms with Gasteiger partial charge in [-0.25, -0.2) is 9.97 Å². The lowest BCUT2D eigenvalue weighted by atomic mass is 10.1. The first-order valence-electron chi connectivity index (χ1n) is 9.47. The molecular weight excluding hydrogens is 340 g/mol. The van der Waals surface area contributed by atoms with Crippen LogP contribution in [0, 0.1) is 0 Å². The number of nitrogens with one attached hydrogen (secondary N) is 3. The quantitative estimate of drug-likeness (QED) is 0.663. The summed E-state index contributed by atoms with van der Waals surface area (Å²) in [5.41, 5.74) is 2.26. The molecule has 0 spiro atoms. The van der Waals surface area contributed by atoms with E-state index in [0.717, 1.165) is 66.9 Å². The fraction of sp³-hybridized carbons (Fsp3) is 0.350. The molecule has 7 nitrogen and oxygen atoms in total. The van der Waals surface area contributed by atoms with Crippen molar-refractivity contribution in [2.24, 2.45) is 0 Å². The molecule has 1 atom stereocenters. The lowest BCUT2D eigenvalue weighted by Gasteiger charge is -2.17. The van der Waals surface area contributed by atoms with E-state index in [2.05, 4.69) is 48.7 Å². The second kappa shape index (κ2) is 6.75. The van der Waals surface area contributed by atoms with Crippen LogP contribution in [0.5, 0.6) is 0 Å². The molecule has 3 N–H and O–H groups in total. The van der Waals surface area contributed by atoms with Gasteiger partial charge in [0.05, 0.1) is 24.5 Å². The van der Waals surface area contributed by atoms with E-state index < -0.39 is 0 Å². The van der Waals surface area contributed by atoms with E-state index in [9.17, 15) is 4.79 Å². The topological polar surface area (TPSA) is 83.9 Å². The van der Waals surface area contributed by atoms with Gasteiger partial charge in [0.2, 0.25) is 5.91 Å². The van der Waals surface area contributed by atoms with Gasteiger partial charge in [0.15, 0.2) is 0 Å². The van der Waals surface area contributed by atoms with Crippen molar-refractivity contribution < 1.29 is 4.79 Å². The maximum atomic E-state index is 12.3. The predicted octanol–water partition coefficient (Wildman–Crippen LogP) is 1.89. The highest BCUT2D eigenvalue weighted by Crippen LogP contribution is 2.27. The molecule has 2 aromatic heterocycles. The SMILES string of the molecule is O=C(Nc1cc2cc(-c3cnc4n3CCNC4)ccc2cn1)C1CCCN1. The number of hydrogen-bond donors (Lipinski definition) is 3. The average molecular weight is 362 g/mol. The van der Waals surface area contributed by atoms with Gasteiger partial charge < -0.3 is 20.5 Å². The van der Waals surface area contributed by atoms with Crippen LogP contribution in [0.2, 0.25) is 0 Å². The third-order valence-corrected chi connectivity index (χ3v) is 5.38. The summed E-state index contributed by atoms with van der Waals surface area (Å²) in [4.78, 5) is 21.3. The summed E-state index contributed by atoms with van der Waals surface area (Å²) in [6.45, 7) is 3.59. The van der Waals surface area contributed by atoms with E-state index in [-0.39, 0.29) is 11.9 Å². The Kier molecular flexibility index (Phi) is 4.10. The molecule has 4 heterocycles. The van der Waals surface area contributed by atoms with Crippen molar-refractivity contribution in [1.29, 1.82) is 0 Å². The summed E-state index contributed by atoms with van der Waals surface area (Å²) in [6.07, 6.45) is 5.67.